The summed E-state index contributed by atoms with van der Waals surface area (Å²) in [6, 6.07) is 30.4. The van der Waals surface area contributed by atoms with Crippen molar-refractivity contribution in [1.82, 2.24) is 0 Å². The second-order valence-corrected chi connectivity index (χ2v) is 9.71. The van der Waals surface area contributed by atoms with E-state index in [-0.39, 0.29) is 35.5 Å². The van der Waals surface area contributed by atoms with Crippen LogP contribution in [0.4, 0.5) is 5.69 Å². The van der Waals surface area contributed by atoms with Gasteiger partial charge >= 0.3 is 5.97 Å². The molecule has 0 radical (unpaired) electrons. The van der Waals surface area contributed by atoms with Crippen molar-refractivity contribution >= 4 is 34.1 Å². The minimum absolute atomic E-state index is 0.0416. The van der Waals surface area contributed by atoms with Crippen molar-refractivity contribution in [1.29, 1.82) is 0 Å². The van der Waals surface area contributed by atoms with Gasteiger partial charge in [-0.2, -0.15) is 0 Å². The maximum atomic E-state index is 13.9. The molecule has 0 saturated carbocycles. The van der Waals surface area contributed by atoms with Gasteiger partial charge in [-0.15, -0.1) is 0 Å². The molecule has 0 spiro atoms. The summed E-state index contributed by atoms with van der Waals surface area (Å²) in [5, 5.41) is 11.7. The largest absolute Gasteiger partial charge is 0.478 e. The average molecular weight is 488 g/mol. The molecule has 1 amide bonds. The van der Waals surface area contributed by atoms with Crippen molar-refractivity contribution in [2.75, 3.05) is 4.90 Å². The van der Waals surface area contributed by atoms with E-state index in [1.54, 1.807) is 17.0 Å². The second-order valence-electron chi connectivity index (χ2n) is 9.71. The number of allylic oxidation sites excluding steroid dienone is 2. The Morgan fingerprint density at radius 1 is 0.784 bits per heavy atom. The number of rotatable bonds is 4. The summed E-state index contributed by atoms with van der Waals surface area (Å²) in [7, 11) is 0. The first-order valence-electron chi connectivity index (χ1n) is 12.5. The Bertz CT molecular complexity index is 1580. The lowest BCUT2D eigenvalue weighted by Gasteiger charge is -2.40. The van der Waals surface area contributed by atoms with Gasteiger partial charge in [0.25, 0.3) is 0 Å². The molecule has 1 aliphatic carbocycles. The Labute approximate surface area is 214 Å². The van der Waals surface area contributed by atoms with E-state index >= 15 is 0 Å². The van der Waals surface area contributed by atoms with Crippen molar-refractivity contribution < 1.29 is 19.5 Å². The third kappa shape index (κ3) is 4.02. The summed E-state index contributed by atoms with van der Waals surface area (Å²) >= 11 is 0. The quantitative estimate of drug-likeness (QED) is 0.359. The monoisotopic (exact) mass is 487 g/mol. The molecule has 0 aromatic heterocycles. The Kier molecular flexibility index (Phi) is 5.68. The van der Waals surface area contributed by atoms with Crippen LogP contribution >= 0.6 is 0 Å². The standard InChI is InChI=1S/C32H25NO4/c34-29-18-23(20-8-2-1-3-9-20)17-28-31(29)27(26-15-7-11-21-10-4-5-14-25(21)26)19-30(35)33(28)24-13-6-12-22(16-24)32(36)37/h1-16,23,27H,17-19H2,(H,36,37). The molecule has 0 bridgehead atoms. The first-order valence-corrected chi connectivity index (χ1v) is 12.5. The van der Waals surface area contributed by atoms with E-state index in [9.17, 15) is 19.5 Å². The molecular weight excluding hydrogens is 462 g/mol. The van der Waals surface area contributed by atoms with Crippen LogP contribution in [0.2, 0.25) is 0 Å². The average Bonchev–Trinajstić information content (AvgIpc) is 2.92. The molecule has 4 aromatic carbocycles. The van der Waals surface area contributed by atoms with E-state index in [0.717, 1.165) is 21.9 Å². The van der Waals surface area contributed by atoms with Crippen LogP contribution in [0, 0.1) is 0 Å². The van der Waals surface area contributed by atoms with Crippen LogP contribution in [0.25, 0.3) is 10.8 Å². The summed E-state index contributed by atoms with van der Waals surface area (Å²) < 4.78 is 0. The number of carbonyl (C=O) groups is 3. The van der Waals surface area contributed by atoms with Crippen LogP contribution in [0.15, 0.2) is 108 Å². The molecule has 0 saturated heterocycles. The minimum atomic E-state index is -1.06. The van der Waals surface area contributed by atoms with Gasteiger partial charge in [-0.05, 0) is 52.4 Å². The molecule has 5 heteroatoms. The molecule has 6 rings (SSSR count). The number of fused-ring (bicyclic) bond motifs is 1. The number of amides is 1. The molecule has 1 heterocycles. The van der Waals surface area contributed by atoms with Gasteiger partial charge in [0.2, 0.25) is 5.91 Å². The van der Waals surface area contributed by atoms with Crippen LogP contribution < -0.4 is 4.90 Å². The molecule has 0 fully saturated rings. The lowest BCUT2D eigenvalue weighted by atomic mass is 9.72. The van der Waals surface area contributed by atoms with Gasteiger partial charge in [0.15, 0.2) is 5.78 Å². The maximum Gasteiger partial charge on any atom is 0.335 e. The molecule has 4 aromatic rings. The van der Waals surface area contributed by atoms with Gasteiger partial charge in [0.05, 0.1) is 5.56 Å². The second kappa shape index (κ2) is 9.17. The van der Waals surface area contributed by atoms with E-state index < -0.39 is 5.97 Å². The molecule has 182 valence electrons. The third-order valence-corrected chi connectivity index (χ3v) is 7.55. The number of hydrogen-bond acceptors (Lipinski definition) is 3. The first kappa shape index (κ1) is 22.9. The highest BCUT2D eigenvalue weighted by molar-refractivity contribution is 6.09. The van der Waals surface area contributed by atoms with Crippen molar-refractivity contribution in [3.8, 4) is 0 Å². The zero-order valence-corrected chi connectivity index (χ0v) is 20.1. The van der Waals surface area contributed by atoms with Gasteiger partial charge in [0.1, 0.15) is 0 Å². The number of Topliss-reactive ketones (excluding diaryl/α,β-unsaturated/α-hetero) is 1. The number of ketones is 1. The number of hydrogen-bond donors (Lipinski definition) is 1. The fourth-order valence-corrected chi connectivity index (χ4v) is 5.89. The summed E-state index contributed by atoms with van der Waals surface area (Å²) in [4.78, 5) is 41.0. The highest BCUT2D eigenvalue weighted by Crippen LogP contribution is 2.48. The number of anilines is 1. The number of carboxylic acids is 1. The normalized spacial score (nSPS) is 19.7. The number of aromatic carboxylic acids is 1. The predicted molar refractivity (Wildman–Crippen MR) is 143 cm³/mol. The van der Waals surface area contributed by atoms with Gasteiger partial charge in [-0.25, -0.2) is 4.79 Å². The Morgan fingerprint density at radius 3 is 2.32 bits per heavy atom. The van der Waals surface area contributed by atoms with Gasteiger partial charge in [-0.1, -0.05) is 78.9 Å². The lowest BCUT2D eigenvalue weighted by Crippen LogP contribution is -2.42. The Balaban J connectivity index is 1.55. The highest BCUT2D eigenvalue weighted by atomic mass is 16.4. The van der Waals surface area contributed by atoms with Crippen molar-refractivity contribution in [3.63, 3.8) is 0 Å². The predicted octanol–water partition coefficient (Wildman–Crippen LogP) is 6.46. The fraction of sp³-hybridized carbons (Fsp3) is 0.156. The Morgan fingerprint density at radius 2 is 1.51 bits per heavy atom. The van der Waals surface area contributed by atoms with E-state index in [0.29, 0.717) is 29.8 Å². The van der Waals surface area contributed by atoms with Crippen molar-refractivity contribution in [3.05, 3.63) is 125 Å². The van der Waals surface area contributed by atoms with Crippen LogP contribution in [-0.2, 0) is 9.59 Å². The van der Waals surface area contributed by atoms with E-state index in [4.69, 9.17) is 0 Å². The smallest absolute Gasteiger partial charge is 0.335 e. The maximum absolute atomic E-state index is 13.9. The van der Waals surface area contributed by atoms with E-state index in [1.165, 1.54) is 12.1 Å². The molecule has 1 aliphatic heterocycles. The zero-order chi connectivity index (χ0) is 25.5. The number of carboxylic acid groups (broad SMARTS) is 1. The summed E-state index contributed by atoms with van der Waals surface area (Å²) in [6.45, 7) is 0. The molecule has 2 atom stereocenters. The van der Waals surface area contributed by atoms with Gasteiger partial charge in [-0.3, -0.25) is 14.5 Å². The van der Waals surface area contributed by atoms with Crippen LogP contribution in [0.3, 0.4) is 0 Å². The van der Waals surface area contributed by atoms with E-state index in [1.807, 2.05) is 72.8 Å². The van der Waals surface area contributed by atoms with Crippen LogP contribution in [0.1, 0.15) is 52.6 Å². The lowest BCUT2D eigenvalue weighted by molar-refractivity contribution is -0.120. The van der Waals surface area contributed by atoms with Gasteiger partial charge < -0.3 is 5.11 Å². The molecule has 1 N–H and O–H groups in total. The molecule has 2 unspecified atom stereocenters. The first-order chi connectivity index (χ1) is 18.0. The van der Waals surface area contributed by atoms with Crippen LogP contribution in [0.5, 0.6) is 0 Å². The van der Waals surface area contributed by atoms with E-state index in [2.05, 4.69) is 0 Å². The molecule has 2 aliphatic rings. The molecular formula is C32H25NO4. The zero-order valence-electron chi connectivity index (χ0n) is 20.1. The number of benzene rings is 4. The molecule has 5 nitrogen and oxygen atoms in total. The SMILES string of the molecule is O=C1CC(c2ccccc2)CC2=C1C(c1cccc3ccccc13)CC(=O)N2c1cccc(C(=O)O)c1. The van der Waals surface area contributed by atoms with Crippen molar-refractivity contribution in [2.45, 2.75) is 31.1 Å². The minimum Gasteiger partial charge on any atom is -0.478 e. The van der Waals surface area contributed by atoms with Crippen LogP contribution in [-0.4, -0.2) is 22.8 Å². The number of carbonyl (C=O) groups excluding carboxylic acids is 2. The summed E-state index contributed by atoms with van der Waals surface area (Å²) in [6.07, 6.45) is 1.04. The fourth-order valence-electron chi connectivity index (χ4n) is 5.89. The van der Waals surface area contributed by atoms with Gasteiger partial charge in [0, 0.05) is 35.7 Å². The number of nitrogens with zero attached hydrogens (tertiary/aromatic N) is 1. The highest BCUT2D eigenvalue weighted by Gasteiger charge is 2.42. The topological polar surface area (TPSA) is 74.7 Å². The van der Waals surface area contributed by atoms with Crippen molar-refractivity contribution in [2.24, 2.45) is 0 Å². The summed E-state index contributed by atoms with van der Waals surface area (Å²) in [5.41, 5.74) is 3.97. The summed E-state index contributed by atoms with van der Waals surface area (Å²) in [5.74, 6) is -1.56. The molecule has 37 heavy (non-hydrogen) atoms. The Hall–Kier alpha value is -4.51. The third-order valence-electron chi connectivity index (χ3n) is 7.55.